The molecule has 0 aromatic heterocycles. The first-order valence-corrected chi connectivity index (χ1v) is 11.3. The van der Waals surface area contributed by atoms with Crippen molar-refractivity contribution in [3.05, 3.63) is 63.3 Å². The van der Waals surface area contributed by atoms with Gasteiger partial charge in [-0.15, -0.1) is 0 Å². The zero-order valence-electron chi connectivity index (χ0n) is 18.6. The summed E-state index contributed by atoms with van der Waals surface area (Å²) in [6.07, 6.45) is 1.57. The molecule has 3 amide bonds. The van der Waals surface area contributed by atoms with Crippen molar-refractivity contribution in [1.29, 1.82) is 0 Å². The molecule has 0 unspecified atom stereocenters. The Balaban J connectivity index is 1.82. The average molecular weight is 517 g/mol. The molecule has 1 heterocycles. The maximum Gasteiger partial charge on any atom is 0.344 e. The SMILES string of the molecule is CCOC(=O)COc1c(Br)cc(/C=C2/NC(=O)N(Cc3cccc(C)c3)C2=O)cc1OCC. The average Bonchev–Trinajstić information content (AvgIpc) is 3.01. The molecule has 3 rings (SSSR count). The smallest absolute Gasteiger partial charge is 0.344 e. The number of hydrogen-bond donors (Lipinski definition) is 1. The van der Waals surface area contributed by atoms with Gasteiger partial charge in [-0.3, -0.25) is 9.69 Å². The van der Waals surface area contributed by atoms with Gasteiger partial charge in [0.2, 0.25) is 0 Å². The molecule has 174 valence electrons. The number of amides is 3. The number of aryl methyl sites for hydroxylation is 1. The van der Waals surface area contributed by atoms with Gasteiger partial charge in [0.15, 0.2) is 18.1 Å². The Morgan fingerprint density at radius 1 is 1.12 bits per heavy atom. The van der Waals surface area contributed by atoms with Crippen molar-refractivity contribution in [2.45, 2.75) is 27.3 Å². The molecule has 0 atom stereocenters. The number of halogens is 1. The van der Waals surface area contributed by atoms with E-state index < -0.39 is 17.9 Å². The summed E-state index contributed by atoms with van der Waals surface area (Å²) in [5, 5.41) is 2.63. The van der Waals surface area contributed by atoms with Gasteiger partial charge in [-0.2, -0.15) is 0 Å². The standard InChI is InChI=1S/C24H25BrN2O6/c1-4-31-20-12-17(10-18(25)22(20)33-14-21(28)32-5-2)11-19-23(29)27(24(30)26-19)13-16-8-6-7-15(3)9-16/h6-12H,4-5,13-14H2,1-3H3,(H,26,30)/b19-11+. The highest BCUT2D eigenvalue weighted by atomic mass is 79.9. The van der Waals surface area contributed by atoms with Gasteiger partial charge in [-0.25, -0.2) is 9.59 Å². The summed E-state index contributed by atoms with van der Waals surface area (Å²) in [6, 6.07) is 10.5. The van der Waals surface area contributed by atoms with Gasteiger partial charge in [-0.05, 0) is 66.0 Å². The van der Waals surface area contributed by atoms with Crippen molar-refractivity contribution >= 4 is 39.9 Å². The molecule has 2 aromatic rings. The van der Waals surface area contributed by atoms with Gasteiger partial charge in [0.05, 0.1) is 24.2 Å². The summed E-state index contributed by atoms with van der Waals surface area (Å²) in [5.41, 5.74) is 2.68. The highest BCUT2D eigenvalue weighted by Crippen LogP contribution is 2.37. The van der Waals surface area contributed by atoms with E-state index in [4.69, 9.17) is 14.2 Å². The van der Waals surface area contributed by atoms with E-state index in [0.29, 0.717) is 28.1 Å². The predicted octanol–water partition coefficient (Wildman–Crippen LogP) is 4.19. The molecule has 1 N–H and O–H groups in total. The number of carbonyl (C=O) groups is 3. The number of nitrogens with one attached hydrogen (secondary N) is 1. The summed E-state index contributed by atoms with van der Waals surface area (Å²) in [4.78, 5) is 38.1. The van der Waals surface area contributed by atoms with E-state index >= 15 is 0 Å². The molecule has 1 fully saturated rings. The van der Waals surface area contributed by atoms with Gasteiger partial charge < -0.3 is 19.5 Å². The number of carbonyl (C=O) groups excluding carboxylic acids is 3. The van der Waals surface area contributed by atoms with Crippen LogP contribution in [0.4, 0.5) is 4.79 Å². The molecule has 8 nitrogen and oxygen atoms in total. The third-order valence-electron chi connectivity index (χ3n) is 4.67. The second-order valence-corrected chi connectivity index (χ2v) is 8.08. The molecule has 1 aliphatic rings. The maximum atomic E-state index is 12.9. The van der Waals surface area contributed by atoms with Crippen LogP contribution in [-0.2, 0) is 20.9 Å². The monoisotopic (exact) mass is 516 g/mol. The highest BCUT2D eigenvalue weighted by molar-refractivity contribution is 9.10. The maximum absolute atomic E-state index is 12.9. The Hall–Kier alpha value is -3.33. The fourth-order valence-corrected chi connectivity index (χ4v) is 3.86. The Labute approximate surface area is 200 Å². The van der Waals surface area contributed by atoms with Crippen molar-refractivity contribution in [2.75, 3.05) is 19.8 Å². The molecule has 2 aromatic carbocycles. The van der Waals surface area contributed by atoms with Crippen LogP contribution in [0.5, 0.6) is 11.5 Å². The fourth-order valence-electron chi connectivity index (χ4n) is 3.28. The molecule has 1 saturated heterocycles. The van der Waals surface area contributed by atoms with E-state index in [-0.39, 0.29) is 25.5 Å². The van der Waals surface area contributed by atoms with Crippen molar-refractivity contribution < 1.29 is 28.6 Å². The van der Waals surface area contributed by atoms with Crippen LogP contribution in [0.1, 0.15) is 30.5 Å². The summed E-state index contributed by atoms with van der Waals surface area (Å²) >= 11 is 3.43. The van der Waals surface area contributed by atoms with Crippen molar-refractivity contribution in [3.63, 3.8) is 0 Å². The molecule has 0 aliphatic carbocycles. The van der Waals surface area contributed by atoms with E-state index in [0.717, 1.165) is 16.0 Å². The Kier molecular flexibility index (Phi) is 8.11. The number of imide groups is 1. The molecule has 33 heavy (non-hydrogen) atoms. The lowest BCUT2D eigenvalue weighted by molar-refractivity contribution is -0.145. The summed E-state index contributed by atoms with van der Waals surface area (Å²) in [5.74, 6) is -0.185. The minimum Gasteiger partial charge on any atom is -0.490 e. The first-order valence-electron chi connectivity index (χ1n) is 10.5. The van der Waals surface area contributed by atoms with Crippen LogP contribution in [-0.4, -0.2) is 42.6 Å². The highest BCUT2D eigenvalue weighted by Gasteiger charge is 2.33. The first kappa shape index (κ1) is 24.3. The van der Waals surface area contributed by atoms with E-state index in [1.807, 2.05) is 38.1 Å². The molecule has 1 aliphatic heterocycles. The van der Waals surface area contributed by atoms with E-state index in [1.54, 1.807) is 25.1 Å². The van der Waals surface area contributed by atoms with Gasteiger partial charge in [0, 0.05) is 0 Å². The lowest BCUT2D eigenvalue weighted by Crippen LogP contribution is -2.30. The third kappa shape index (κ3) is 6.13. The van der Waals surface area contributed by atoms with Crippen LogP contribution >= 0.6 is 15.9 Å². The summed E-state index contributed by atoms with van der Waals surface area (Å²) < 4.78 is 16.6. The Morgan fingerprint density at radius 2 is 1.91 bits per heavy atom. The van der Waals surface area contributed by atoms with Crippen LogP contribution in [0.2, 0.25) is 0 Å². The molecule has 0 saturated carbocycles. The lowest BCUT2D eigenvalue weighted by atomic mass is 10.1. The van der Waals surface area contributed by atoms with E-state index in [2.05, 4.69) is 21.2 Å². The zero-order valence-corrected chi connectivity index (χ0v) is 20.2. The molecular weight excluding hydrogens is 492 g/mol. The van der Waals surface area contributed by atoms with Gasteiger partial charge in [-0.1, -0.05) is 29.8 Å². The predicted molar refractivity (Wildman–Crippen MR) is 126 cm³/mol. The molecular formula is C24H25BrN2O6. The molecule has 0 radical (unpaired) electrons. The van der Waals surface area contributed by atoms with Crippen LogP contribution in [0, 0.1) is 6.92 Å². The number of nitrogens with zero attached hydrogens (tertiary/aromatic N) is 1. The van der Waals surface area contributed by atoms with Gasteiger partial charge in [0.1, 0.15) is 5.70 Å². The van der Waals surface area contributed by atoms with Crippen molar-refractivity contribution in [1.82, 2.24) is 10.2 Å². The van der Waals surface area contributed by atoms with Crippen LogP contribution in [0.3, 0.4) is 0 Å². The van der Waals surface area contributed by atoms with Crippen molar-refractivity contribution in [2.24, 2.45) is 0 Å². The fraction of sp³-hybridized carbons (Fsp3) is 0.292. The lowest BCUT2D eigenvalue weighted by Gasteiger charge is -2.14. The molecule has 0 spiro atoms. The van der Waals surface area contributed by atoms with E-state index in [9.17, 15) is 14.4 Å². The van der Waals surface area contributed by atoms with E-state index in [1.165, 1.54) is 0 Å². The second-order valence-electron chi connectivity index (χ2n) is 7.23. The van der Waals surface area contributed by atoms with Crippen LogP contribution in [0.15, 0.2) is 46.6 Å². The summed E-state index contributed by atoms with van der Waals surface area (Å²) in [7, 11) is 0. The molecule has 0 bridgehead atoms. The summed E-state index contributed by atoms with van der Waals surface area (Å²) in [6.45, 7) is 6.02. The number of hydrogen-bond acceptors (Lipinski definition) is 6. The normalized spacial score (nSPS) is 14.4. The quantitative estimate of drug-likeness (QED) is 0.305. The van der Waals surface area contributed by atoms with Crippen LogP contribution < -0.4 is 14.8 Å². The Bertz CT molecular complexity index is 1100. The minimum absolute atomic E-state index is 0.155. The first-order chi connectivity index (χ1) is 15.8. The number of esters is 1. The molecule has 9 heteroatoms. The van der Waals surface area contributed by atoms with Crippen molar-refractivity contribution in [3.8, 4) is 11.5 Å². The topological polar surface area (TPSA) is 94.2 Å². The van der Waals surface area contributed by atoms with Gasteiger partial charge in [0.25, 0.3) is 5.91 Å². The number of rotatable bonds is 9. The van der Waals surface area contributed by atoms with Gasteiger partial charge >= 0.3 is 12.0 Å². The second kappa shape index (κ2) is 11.0. The number of urea groups is 1. The number of benzene rings is 2. The Morgan fingerprint density at radius 3 is 2.61 bits per heavy atom. The zero-order chi connectivity index (χ0) is 24.0. The number of ether oxygens (including phenoxy) is 3. The third-order valence-corrected chi connectivity index (χ3v) is 5.26. The largest absolute Gasteiger partial charge is 0.490 e. The van der Waals surface area contributed by atoms with Crippen LogP contribution in [0.25, 0.3) is 6.08 Å². The minimum atomic E-state index is -0.494.